The van der Waals surface area contributed by atoms with Gasteiger partial charge in [-0.15, -0.1) is 11.3 Å². The van der Waals surface area contributed by atoms with E-state index in [1.165, 1.54) is 24.0 Å². The second kappa shape index (κ2) is 7.22. The molecule has 5 heteroatoms. The first kappa shape index (κ1) is 16.2. The van der Waals surface area contributed by atoms with Gasteiger partial charge in [0.15, 0.2) is 0 Å². The molecule has 0 aliphatic rings. The molecular formula is C17H19NO3S. The normalized spacial score (nSPS) is 10.3. The van der Waals surface area contributed by atoms with Crippen molar-refractivity contribution in [2.75, 3.05) is 12.4 Å². The van der Waals surface area contributed by atoms with Crippen molar-refractivity contribution in [3.63, 3.8) is 0 Å². The Balaban J connectivity index is 2.45. The SMILES string of the molecule is CCC(=O)Nc1scc(-c2ccc(CC)cc2)c1C(=O)OC. The number of benzene rings is 1. The number of anilines is 1. The molecule has 1 heterocycles. The first-order valence-corrected chi connectivity index (χ1v) is 8.07. The van der Waals surface area contributed by atoms with E-state index >= 15 is 0 Å². The highest BCUT2D eigenvalue weighted by Crippen LogP contribution is 2.36. The average Bonchev–Trinajstić information content (AvgIpc) is 2.97. The first-order valence-electron chi connectivity index (χ1n) is 7.19. The molecule has 22 heavy (non-hydrogen) atoms. The molecule has 0 atom stereocenters. The summed E-state index contributed by atoms with van der Waals surface area (Å²) < 4.78 is 4.87. The second-order valence-corrected chi connectivity index (χ2v) is 5.68. The smallest absolute Gasteiger partial charge is 0.341 e. The minimum atomic E-state index is -0.442. The van der Waals surface area contributed by atoms with Crippen LogP contribution in [0.4, 0.5) is 5.00 Å². The van der Waals surface area contributed by atoms with Crippen molar-refractivity contribution >= 4 is 28.2 Å². The molecule has 0 bridgehead atoms. The van der Waals surface area contributed by atoms with E-state index < -0.39 is 5.97 Å². The fraction of sp³-hybridized carbons (Fsp3) is 0.294. The molecule has 2 rings (SSSR count). The number of rotatable bonds is 5. The lowest BCUT2D eigenvalue weighted by Gasteiger charge is -2.07. The molecule has 1 aromatic heterocycles. The number of methoxy groups -OCH3 is 1. The molecule has 0 saturated carbocycles. The Morgan fingerprint density at radius 1 is 1.18 bits per heavy atom. The van der Waals surface area contributed by atoms with Crippen molar-refractivity contribution in [1.82, 2.24) is 0 Å². The molecule has 0 radical (unpaired) electrons. The zero-order valence-electron chi connectivity index (χ0n) is 12.9. The molecule has 4 nitrogen and oxygen atoms in total. The predicted molar refractivity (Wildman–Crippen MR) is 89.4 cm³/mol. The van der Waals surface area contributed by atoms with Crippen LogP contribution in [-0.4, -0.2) is 19.0 Å². The van der Waals surface area contributed by atoms with Crippen LogP contribution in [0.25, 0.3) is 11.1 Å². The lowest BCUT2D eigenvalue weighted by Crippen LogP contribution is -2.12. The molecule has 0 aliphatic carbocycles. The number of aryl methyl sites for hydroxylation is 1. The van der Waals surface area contributed by atoms with E-state index in [1.54, 1.807) is 6.92 Å². The van der Waals surface area contributed by atoms with E-state index in [4.69, 9.17) is 4.74 Å². The average molecular weight is 317 g/mol. The summed E-state index contributed by atoms with van der Waals surface area (Å²) in [7, 11) is 1.34. The largest absolute Gasteiger partial charge is 0.465 e. The number of carbonyl (C=O) groups is 2. The van der Waals surface area contributed by atoms with Gasteiger partial charge in [-0.2, -0.15) is 0 Å². The fourth-order valence-electron chi connectivity index (χ4n) is 2.10. The number of carbonyl (C=O) groups excluding carboxylic acids is 2. The van der Waals surface area contributed by atoms with Crippen molar-refractivity contribution < 1.29 is 14.3 Å². The van der Waals surface area contributed by atoms with Gasteiger partial charge < -0.3 is 10.1 Å². The standard InChI is InChI=1S/C17H19NO3S/c1-4-11-6-8-12(9-7-11)13-10-22-16(18-14(19)5-2)15(13)17(20)21-3/h6-10H,4-5H2,1-3H3,(H,18,19). The number of thiophene rings is 1. The van der Waals surface area contributed by atoms with Crippen LogP contribution in [0.1, 0.15) is 36.2 Å². The van der Waals surface area contributed by atoms with Crippen LogP contribution >= 0.6 is 11.3 Å². The van der Waals surface area contributed by atoms with Gasteiger partial charge in [0.1, 0.15) is 10.6 Å². The lowest BCUT2D eigenvalue weighted by atomic mass is 10.0. The van der Waals surface area contributed by atoms with Gasteiger partial charge in [0.05, 0.1) is 7.11 Å². The highest BCUT2D eigenvalue weighted by atomic mass is 32.1. The number of hydrogen-bond acceptors (Lipinski definition) is 4. The van der Waals surface area contributed by atoms with Crippen LogP contribution in [0, 0.1) is 0 Å². The van der Waals surface area contributed by atoms with Gasteiger partial charge in [-0.1, -0.05) is 38.1 Å². The number of nitrogens with one attached hydrogen (secondary N) is 1. The summed E-state index contributed by atoms with van der Waals surface area (Å²) in [5.74, 6) is -0.567. The van der Waals surface area contributed by atoms with Crippen LogP contribution in [-0.2, 0) is 16.0 Å². The number of amides is 1. The van der Waals surface area contributed by atoms with Crippen LogP contribution in [0.2, 0.25) is 0 Å². The van der Waals surface area contributed by atoms with E-state index in [1.807, 2.05) is 29.6 Å². The first-order chi connectivity index (χ1) is 10.6. The summed E-state index contributed by atoms with van der Waals surface area (Å²) in [6, 6.07) is 8.05. The maximum absolute atomic E-state index is 12.1. The van der Waals surface area contributed by atoms with Gasteiger partial charge in [-0.3, -0.25) is 4.79 Å². The van der Waals surface area contributed by atoms with Crippen molar-refractivity contribution in [3.05, 3.63) is 40.8 Å². The molecule has 1 aromatic carbocycles. The Morgan fingerprint density at radius 3 is 2.41 bits per heavy atom. The van der Waals surface area contributed by atoms with E-state index in [0.717, 1.165) is 17.5 Å². The molecule has 1 N–H and O–H groups in total. The van der Waals surface area contributed by atoms with Crippen molar-refractivity contribution in [3.8, 4) is 11.1 Å². The third kappa shape index (κ3) is 3.36. The van der Waals surface area contributed by atoms with Gasteiger partial charge in [-0.05, 0) is 17.5 Å². The highest BCUT2D eigenvalue weighted by molar-refractivity contribution is 7.15. The Morgan fingerprint density at radius 2 is 1.86 bits per heavy atom. The van der Waals surface area contributed by atoms with Gasteiger partial charge >= 0.3 is 5.97 Å². The molecule has 1 amide bonds. The van der Waals surface area contributed by atoms with Crippen LogP contribution in [0.5, 0.6) is 0 Å². The highest BCUT2D eigenvalue weighted by Gasteiger charge is 2.21. The summed E-state index contributed by atoms with van der Waals surface area (Å²) in [6.45, 7) is 3.86. The molecule has 0 unspecified atom stereocenters. The van der Waals surface area contributed by atoms with Crippen LogP contribution < -0.4 is 5.32 Å². The Kier molecular flexibility index (Phi) is 5.33. The quantitative estimate of drug-likeness (QED) is 0.844. The summed E-state index contributed by atoms with van der Waals surface area (Å²) in [4.78, 5) is 23.7. The van der Waals surface area contributed by atoms with Gasteiger partial charge in [0.25, 0.3) is 0 Å². The van der Waals surface area contributed by atoms with Crippen LogP contribution in [0.15, 0.2) is 29.6 Å². The maximum Gasteiger partial charge on any atom is 0.341 e. The molecule has 2 aromatic rings. The molecule has 0 saturated heterocycles. The van der Waals surface area contributed by atoms with E-state index in [9.17, 15) is 9.59 Å². The van der Waals surface area contributed by atoms with Crippen molar-refractivity contribution in [2.45, 2.75) is 26.7 Å². The topological polar surface area (TPSA) is 55.4 Å². The summed E-state index contributed by atoms with van der Waals surface area (Å²) in [5, 5.41) is 5.18. The molecule has 0 aliphatic heterocycles. The predicted octanol–water partition coefficient (Wildman–Crippen LogP) is 4.11. The number of ether oxygens (including phenoxy) is 1. The molecular weight excluding hydrogens is 298 g/mol. The third-order valence-corrected chi connectivity index (χ3v) is 4.32. The maximum atomic E-state index is 12.1. The van der Waals surface area contributed by atoms with Gasteiger partial charge in [0, 0.05) is 17.4 Å². The molecule has 0 fully saturated rings. The van der Waals surface area contributed by atoms with Crippen molar-refractivity contribution in [1.29, 1.82) is 0 Å². The Labute approximate surface area is 134 Å². The summed E-state index contributed by atoms with van der Waals surface area (Å²) >= 11 is 1.34. The monoisotopic (exact) mass is 317 g/mol. The zero-order chi connectivity index (χ0) is 16.1. The second-order valence-electron chi connectivity index (χ2n) is 4.80. The molecule has 116 valence electrons. The Hall–Kier alpha value is -2.14. The molecule has 0 spiro atoms. The van der Waals surface area contributed by atoms with E-state index in [2.05, 4.69) is 12.2 Å². The van der Waals surface area contributed by atoms with E-state index in [-0.39, 0.29) is 5.91 Å². The number of hydrogen-bond donors (Lipinski definition) is 1. The van der Waals surface area contributed by atoms with Gasteiger partial charge in [-0.25, -0.2) is 4.79 Å². The zero-order valence-corrected chi connectivity index (χ0v) is 13.8. The van der Waals surface area contributed by atoms with E-state index in [0.29, 0.717) is 17.0 Å². The van der Waals surface area contributed by atoms with Gasteiger partial charge in [0.2, 0.25) is 5.91 Å². The number of esters is 1. The lowest BCUT2D eigenvalue weighted by molar-refractivity contribution is -0.115. The summed E-state index contributed by atoms with van der Waals surface area (Å²) in [6.07, 6.45) is 1.32. The minimum absolute atomic E-state index is 0.125. The van der Waals surface area contributed by atoms with Crippen molar-refractivity contribution in [2.24, 2.45) is 0 Å². The Bertz CT molecular complexity index is 674. The third-order valence-electron chi connectivity index (χ3n) is 3.43. The van der Waals surface area contributed by atoms with Crippen LogP contribution in [0.3, 0.4) is 0 Å². The minimum Gasteiger partial charge on any atom is -0.465 e. The fourth-order valence-corrected chi connectivity index (χ4v) is 3.08. The summed E-state index contributed by atoms with van der Waals surface area (Å²) in [5.41, 5.74) is 3.37.